The van der Waals surface area contributed by atoms with Crippen molar-refractivity contribution < 1.29 is 29.1 Å². The van der Waals surface area contributed by atoms with Gasteiger partial charge in [0.05, 0.1) is 36.1 Å². The topological polar surface area (TPSA) is 148 Å². The maximum absolute atomic E-state index is 14.1. The molecule has 11 heteroatoms. The second-order valence-corrected chi connectivity index (χ2v) is 10.3. The minimum Gasteiger partial charge on any atom is -0.478 e. The van der Waals surface area contributed by atoms with Gasteiger partial charge in [-0.1, -0.05) is 42.5 Å². The molecule has 0 aromatic heterocycles. The lowest BCUT2D eigenvalue weighted by Crippen LogP contribution is -2.55. The summed E-state index contributed by atoms with van der Waals surface area (Å²) in [5.41, 5.74) is 2.27. The van der Waals surface area contributed by atoms with E-state index in [0.717, 1.165) is 12.0 Å². The molecular formula is C31H31N5O6. The lowest BCUT2D eigenvalue weighted by molar-refractivity contribution is -0.121. The molecule has 4 amide bonds. The van der Waals surface area contributed by atoms with Crippen LogP contribution in [-0.4, -0.2) is 66.4 Å². The standard InChI is InChI=1S/C31H31N5O6/c1-19-8-2-3-11-22(19)27(37)18-36-26-14-5-4-13-25(26)35(28(38)23-12-7-15-32-23)17-24(29(36)39)34-31(42)33-21-10-6-9-20(16-21)30(40)41/h2-6,8-11,13-14,16,23-24,32H,7,12,15,17-18H2,1H3,(H,40,41)(H2,33,34,42). The van der Waals surface area contributed by atoms with Gasteiger partial charge in [0.2, 0.25) is 5.91 Å². The highest BCUT2D eigenvalue weighted by molar-refractivity contribution is 6.13. The average molecular weight is 570 g/mol. The van der Waals surface area contributed by atoms with Crippen LogP contribution in [0.1, 0.15) is 39.1 Å². The van der Waals surface area contributed by atoms with Crippen molar-refractivity contribution in [3.8, 4) is 0 Å². The van der Waals surface area contributed by atoms with E-state index in [0.29, 0.717) is 29.9 Å². The van der Waals surface area contributed by atoms with E-state index in [9.17, 15) is 29.1 Å². The Labute approximate surface area is 242 Å². The van der Waals surface area contributed by atoms with Gasteiger partial charge in [0.1, 0.15) is 6.04 Å². The van der Waals surface area contributed by atoms with Crippen LogP contribution in [0.2, 0.25) is 0 Å². The summed E-state index contributed by atoms with van der Waals surface area (Å²) < 4.78 is 0. The van der Waals surface area contributed by atoms with Gasteiger partial charge < -0.3 is 30.9 Å². The Morgan fingerprint density at radius 3 is 2.43 bits per heavy atom. The maximum atomic E-state index is 14.1. The normalized spacial score (nSPS) is 18.2. The molecule has 0 bridgehead atoms. The minimum absolute atomic E-state index is 0.0180. The van der Waals surface area contributed by atoms with Crippen molar-refractivity contribution in [1.29, 1.82) is 0 Å². The number of aromatic carboxylic acids is 1. The van der Waals surface area contributed by atoms with Crippen molar-refractivity contribution in [3.05, 3.63) is 89.5 Å². The molecule has 2 unspecified atom stereocenters. The molecule has 1 fully saturated rings. The molecule has 11 nitrogen and oxygen atoms in total. The van der Waals surface area contributed by atoms with E-state index in [1.165, 1.54) is 34.1 Å². The molecule has 3 aromatic carbocycles. The van der Waals surface area contributed by atoms with E-state index >= 15 is 0 Å². The molecule has 0 radical (unpaired) electrons. The Morgan fingerprint density at radius 1 is 0.976 bits per heavy atom. The Balaban J connectivity index is 1.48. The fourth-order valence-electron chi connectivity index (χ4n) is 5.32. The molecule has 0 saturated carbocycles. The number of nitrogens with zero attached hydrogens (tertiary/aromatic N) is 2. The SMILES string of the molecule is Cc1ccccc1C(=O)CN1C(=O)C(NC(=O)Nc2cccc(C(=O)O)c2)CN(C(=O)C2CCCN2)c2ccccc21. The first kappa shape index (κ1) is 28.5. The highest BCUT2D eigenvalue weighted by atomic mass is 16.4. The van der Waals surface area contributed by atoms with E-state index in [1.807, 2.05) is 19.1 Å². The first-order valence-electron chi connectivity index (χ1n) is 13.7. The molecule has 0 aliphatic carbocycles. The van der Waals surface area contributed by atoms with Crippen LogP contribution in [0.4, 0.5) is 21.9 Å². The van der Waals surface area contributed by atoms with Crippen LogP contribution in [0.3, 0.4) is 0 Å². The summed E-state index contributed by atoms with van der Waals surface area (Å²) in [5, 5.41) is 17.7. The summed E-state index contributed by atoms with van der Waals surface area (Å²) in [7, 11) is 0. The van der Waals surface area contributed by atoms with Crippen LogP contribution in [0, 0.1) is 6.92 Å². The van der Waals surface area contributed by atoms with E-state index in [2.05, 4.69) is 16.0 Å². The molecule has 5 rings (SSSR count). The zero-order chi connectivity index (χ0) is 29.8. The van der Waals surface area contributed by atoms with Crippen molar-refractivity contribution in [2.75, 3.05) is 34.8 Å². The highest BCUT2D eigenvalue weighted by Crippen LogP contribution is 2.34. The smallest absolute Gasteiger partial charge is 0.335 e. The van der Waals surface area contributed by atoms with Crippen molar-refractivity contribution in [2.45, 2.75) is 31.8 Å². The summed E-state index contributed by atoms with van der Waals surface area (Å²) in [6.07, 6.45) is 1.47. The number of Topliss-reactive ketones (excluding diaryl/α,β-unsaturated/α-hetero) is 1. The number of urea groups is 1. The number of aryl methyl sites for hydroxylation is 1. The van der Waals surface area contributed by atoms with E-state index in [1.54, 1.807) is 36.4 Å². The molecule has 1 saturated heterocycles. The lowest BCUT2D eigenvalue weighted by Gasteiger charge is -2.27. The average Bonchev–Trinajstić information content (AvgIpc) is 3.50. The van der Waals surface area contributed by atoms with Crippen molar-refractivity contribution >= 4 is 46.7 Å². The number of nitrogens with one attached hydrogen (secondary N) is 3. The van der Waals surface area contributed by atoms with E-state index < -0.39 is 30.0 Å². The summed E-state index contributed by atoms with van der Waals surface area (Å²) >= 11 is 0. The van der Waals surface area contributed by atoms with Gasteiger partial charge in [-0.3, -0.25) is 14.4 Å². The molecule has 2 atom stereocenters. The molecule has 0 spiro atoms. The van der Waals surface area contributed by atoms with Gasteiger partial charge in [-0.2, -0.15) is 0 Å². The minimum atomic E-state index is -1.21. The van der Waals surface area contributed by atoms with Crippen molar-refractivity contribution in [1.82, 2.24) is 10.6 Å². The van der Waals surface area contributed by atoms with E-state index in [4.69, 9.17) is 0 Å². The Bertz CT molecular complexity index is 1550. The first-order valence-corrected chi connectivity index (χ1v) is 13.7. The first-order chi connectivity index (χ1) is 20.2. The third-order valence-corrected chi connectivity index (χ3v) is 7.44. The fourth-order valence-corrected chi connectivity index (χ4v) is 5.32. The largest absolute Gasteiger partial charge is 0.478 e. The predicted octanol–water partition coefficient (Wildman–Crippen LogP) is 3.20. The second kappa shape index (κ2) is 12.2. The second-order valence-electron chi connectivity index (χ2n) is 10.3. The number of fused-ring (bicyclic) bond motifs is 1. The Kier molecular flexibility index (Phi) is 8.30. The molecule has 216 valence electrons. The number of hydrogen-bond donors (Lipinski definition) is 4. The molecule has 2 heterocycles. The Hall–Kier alpha value is -5.03. The van der Waals surface area contributed by atoms with Crippen molar-refractivity contribution in [2.24, 2.45) is 0 Å². The lowest BCUT2D eigenvalue weighted by atomic mass is 10.0. The molecule has 4 N–H and O–H groups in total. The van der Waals surface area contributed by atoms with Gasteiger partial charge in [0, 0.05) is 11.3 Å². The molecule has 2 aliphatic heterocycles. The number of amides is 4. The van der Waals surface area contributed by atoms with Gasteiger partial charge in [-0.05, 0) is 62.2 Å². The number of carbonyl (C=O) groups excluding carboxylic acids is 4. The summed E-state index contributed by atoms with van der Waals surface area (Å²) in [5.74, 6) is -2.24. The summed E-state index contributed by atoms with van der Waals surface area (Å²) in [6.45, 7) is 2.05. The predicted molar refractivity (Wildman–Crippen MR) is 157 cm³/mol. The van der Waals surface area contributed by atoms with Gasteiger partial charge in [-0.15, -0.1) is 0 Å². The van der Waals surface area contributed by atoms with Gasteiger partial charge in [0.25, 0.3) is 5.91 Å². The Morgan fingerprint density at radius 2 is 1.71 bits per heavy atom. The van der Waals surface area contributed by atoms with Gasteiger partial charge in [0.15, 0.2) is 5.78 Å². The summed E-state index contributed by atoms with van der Waals surface area (Å²) in [4.78, 5) is 68.5. The molecule has 3 aromatic rings. The number of carboxylic acids is 1. The van der Waals surface area contributed by atoms with Crippen LogP contribution in [0.15, 0.2) is 72.8 Å². The quantitative estimate of drug-likeness (QED) is 0.320. The van der Waals surface area contributed by atoms with Crippen LogP contribution in [0.25, 0.3) is 0 Å². The number of carboxylic acid groups (broad SMARTS) is 1. The third-order valence-electron chi connectivity index (χ3n) is 7.44. The molecule has 42 heavy (non-hydrogen) atoms. The highest BCUT2D eigenvalue weighted by Gasteiger charge is 2.39. The number of hydrogen-bond acceptors (Lipinski definition) is 6. The zero-order valence-corrected chi connectivity index (χ0v) is 23.0. The zero-order valence-electron chi connectivity index (χ0n) is 23.0. The number of para-hydroxylation sites is 2. The molecular weight excluding hydrogens is 538 g/mol. The van der Waals surface area contributed by atoms with Crippen molar-refractivity contribution in [3.63, 3.8) is 0 Å². The van der Waals surface area contributed by atoms with Gasteiger partial charge >= 0.3 is 12.0 Å². The van der Waals surface area contributed by atoms with Crippen LogP contribution >= 0.6 is 0 Å². The number of ketones is 1. The molecule has 2 aliphatic rings. The third kappa shape index (κ3) is 6.01. The number of anilines is 3. The number of benzene rings is 3. The van der Waals surface area contributed by atoms with Crippen LogP contribution in [-0.2, 0) is 9.59 Å². The van der Waals surface area contributed by atoms with Crippen LogP contribution in [0.5, 0.6) is 0 Å². The maximum Gasteiger partial charge on any atom is 0.335 e. The summed E-state index contributed by atoms with van der Waals surface area (Å²) in [6, 6.07) is 17.2. The van der Waals surface area contributed by atoms with Gasteiger partial charge in [-0.25, -0.2) is 9.59 Å². The van der Waals surface area contributed by atoms with Crippen LogP contribution < -0.4 is 25.8 Å². The van der Waals surface area contributed by atoms with E-state index in [-0.39, 0.29) is 36.0 Å². The fraction of sp³-hybridized carbons (Fsp3) is 0.258. The monoisotopic (exact) mass is 569 g/mol. The number of rotatable bonds is 7. The number of carbonyl (C=O) groups is 5.